The molecule has 1 unspecified atom stereocenters. The van der Waals surface area contributed by atoms with E-state index in [1.54, 1.807) is 18.2 Å². The molecule has 0 spiro atoms. The third-order valence-electron chi connectivity index (χ3n) is 7.48. The Balaban J connectivity index is 1.42. The minimum absolute atomic E-state index is 0.0747. The summed E-state index contributed by atoms with van der Waals surface area (Å²) in [5.74, 6) is 0.0343. The van der Waals surface area contributed by atoms with E-state index < -0.39 is 33.6 Å². The molecule has 14 heteroatoms. The Morgan fingerprint density at radius 2 is 1.82 bits per heavy atom. The number of carbonyl (C=O) groups is 1. The fraction of sp³-hybridized carbons (Fsp3) is 0.581. The van der Waals surface area contributed by atoms with Crippen molar-refractivity contribution in [2.45, 2.75) is 68.7 Å². The number of fused-ring (bicyclic) bond motifs is 1. The predicted octanol–water partition coefficient (Wildman–Crippen LogP) is 3.78. The lowest BCUT2D eigenvalue weighted by molar-refractivity contribution is 0.0361. The van der Waals surface area contributed by atoms with Gasteiger partial charge >= 0.3 is 6.09 Å². The van der Waals surface area contributed by atoms with Crippen LogP contribution in [0, 0.1) is 5.82 Å². The van der Waals surface area contributed by atoms with Crippen molar-refractivity contribution in [2.24, 2.45) is 5.73 Å². The van der Waals surface area contributed by atoms with Gasteiger partial charge in [-0.15, -0.1) is 0 Å². The molecule has 1 fully saturated rings. The van der Waals surface area contributed by atoms with Crippen LogP contribution in [-0.2, 0) is 30.7 Å². The molecule has 1 aliphatic carbocycles. The minimum atomic E-state index is -3.77. The van der Waals surface area contributed by atoms with Crippen LogP contribution in [0.4, 0.5) is 9.18 Å². The van der Waals surface area contributed by atoms with Crippen LogP contribution in [0.2, 0.25) is 5.02 Å². The quantitative estimate of drug-likeness (QED) is 0.256. The Hall–Kier alpha value is -2.52. The largest absolute Gasteiger partial charge is 0.484 e. The zero-order valence-electron chi connectivity index (χ0n) is 26.0. The van der Waals surface area contributed by atoms with Crippen LogP contribution in [0.3, 0.4) is 0 Å². The number of benzene rings is 2. The number of halogens is 2. The smallest absolute Gasteiger partial charge is 0.407 e. The number of piperidine rings is 1. The highest BCUT2D eigenvalue weighted by Crippen LogP contribution is 2.41. The highest BCUT2D eigenvalue weighted by atomic mass is 35.5. The molecule has 2 aromatic rings. The number of nitrogens with two attached hydrogens (primary N) is 1. The number of amides is 1. The molecule has 2 aromatic carbocycles. The highest BCUT2D eigenvalue weighted by molar-refractivity contribution is 7.89. The van der Waals surface area contributed by atoms with E-state index in [9.17, 15) is 13.2 Å². The van der Waals surface area contributed by atoms with Gasteiger partial charge in [0.1, 0.15) is 23.3 Å². The highest BCUT2D eigenvalue weighted by Gasteiger charge is 2.41. The van der Waals surface area contributed by atoms with Gasteiger partial charge in [-0.25, -0.2) is 22.3 Å². The standard InChI is InChI=1S/C31H44ClFN4O7S/c1-31(2,3)44-30(38)36-22-5-4-12-37(20-22)28-19-25-26(17-21(32)18-27(25)33)29(28)43-23-6-8-24(9-7-23)45(39,40)35-11-14-42-16-15-41-13-10-34/h6-9,17-18,22,28-29,35H,4-5,10-16,19-20,34H2,1-3H3,(H,36,38)/t22-,28?,29+/m1/s1. The van der Waals surface area contributed by atoms with Crippen molar-refractivity contribution in [3.05, 3.63) is 58.4 Å². The Labute approximate surface area is 269 Å². The molecule has 4 N–H and O–H groups in total. The van der Waals surface area contributed by atoms with E-state index in [0.717, 1.165) is 19.4 Å². The molecular formula is C31H44ClFN4O7S. The summed E-state index contributed by atoms with van der Waals surface area (Å²) in [4.78, 5) is 14.7. The first kappa shape index (κ1) is 35.3. The SMILES string of the molecule is CC(C)(C)OC(=O)N[C@@H]1CCCN(C2Cc3c(F)cc(Cl)cc3[C@@H]2Oc2ccc(S(=O)(=O)NCCOCCOCCN)cc2)C1. The average Bonchev–Trinajstić information content (AvgIpc) is 3.32. The van der Waals surface area contributed by atoms with Crippen molar-refractivity contribution in [3.63, 3.8) is 0 Å². The van der Waals surface area contributed by atoms with Crippen molar-refractivity contribution in [1.29, 1.82) is 0 Å². The molecule has 4 rings (SSSR count). The van der Waals surface area contributed by atoms with Crippen LogP contribution >= 0.6 is 11.6 Å². The first-order valence-corrected chi connectivity index (χ1v) is 17.1. The second kappa shape index (κ2) is 15.9. The van der Waals surface area contributed by atoms with Crippen molar-refractivity contribution in [2.75, 3.05) is 52.6 Å². The Kier molecular flexibility index (Phi) is 12.4. The second-order valence-electron chi connectivity index (χ2n) is 12.1. The molecule has 3 atom stereocenters. The molecule has 250 valence electrons. The van der Waals surface area contributed by atoms with E-state index in [4.69, 9.17) is 36.3 Å². The normalized spacial score (nSPS) is 20.5. The number of hydrogen-bond acceptors (Lipinski definition) is 9. The predicted molar refractivity (Wildman–Crippen MR) is 169 cm³/mol. The Morgan fingerprint density at radius 1 is 1.11 bits per heavy atom. The lowest BCUT2D eigenvalue weighted by Gasteiger charge is -2.39. The number of nitrogens with zero attached hydrogens (tertiary/aromatic N) is 1. The number of likely N-dealkylation sites (tertiary alicyclic amines) is 1. The summed E-state index contributed by atoms with van der Waals surface area (Å²) in [6, 6.07) is 8.74. The third-order valence-corrected chi connectivity index (χ3v) is 9.17. The fourth-order valence-electron chi connectivity index (χ4n) is 5.56. The average molecular weight is 671 g/mol. The van der Waals surface area contributed by atoms with Gasteiger partial charge in [0.05, 0.1) is 37.4 Å². The number of carbonyl (C=O) groups excluding carboxylic acids is 1. The third kappa shape index (κ3) is 10.2. The maximum atomic E-state index is 15.1. The summed E-state index contributed by atoms with van der Waals surface area (Å²) in [5, 5.41) is 3.23. The van der Waals surface area contributed by atoms with E-state index in [1.165, 1.54) is 18.2 Å². The van der Waals surface area contributed by atoms with Gasteiger partial charge in [-0.05, 0) is 88.5 Å². The molecule has 11 nitrogen and oxygen atoms in total. The van der Waals surface area contributed by atoms with Gasteiger partial charge < -0.3 is 30.0 Å². The van der Waals surface area contributed by atoms with E-state index in [2.05, 4.69) is 14.9 Å². The number of rotatable bonds is 14. The summed E-state index contributed by atoms with van der Waals surface area (Å²) in [5.41, 5.74) is 5.93. The molecule has 1 aliphatic heterocycles. The number of hydrogen-bond donors (Lipinski definition) is 3. The van der Waals surface area contributed by atoms with Crippen molar-refractivity contribution in [1.82, 2.24) is 14.9 Å². The molecule has 45 heavy (non-hydrogen) atoms. The summed E-state index contributed by atoms with van der Waals surface area (Å²) in [6.07, 6.45) is 0.982. The lowest BCUT2D eigenvalue weighted by atomic mass is 10.0. The number of ether oxygens (including phenoxy) is 4. The van der Waals surface area contributed by atoms with Gasteiger partial charge in [-0.1, -0.05) is 11.6 Å². The topological polar surface area (TPSA) is 141 Å². The van der Waals surface area contributed by atoms with Gasteiger partial charge in [0, 0.05) is 36.3 Å². The molecule has 0 radical (unpaired) electrons. The zero-order valence-corrected chi connectivity index (χ0v) is 27.6. The van der Waals surface area contributed by atoms with Crippen LogP contribution in [0.1, 0.15) is 50.8 Å². The molecule has 1 amide bonds. The van der Waals surface area contributed by atoms with E-state index in [0.29, 0.717) is 56.2 Å². The molecule has 0 aromatic heterocycles. The molecule has 0 saturated carbocycles. The van der Waals surface area contributed by atoms with Crippen LogP contribution in [-0.4, -0.2) is 89.7 Å². The minimum Gasteiger partial charge on any atom is -0.484 e. The Morgan fingerprint density at radius 3 is 2.51 bits per heavy atom. The number of alkyl carbamates (subject to hydrolysis) is 1. The molecule has 2 aliphatic rings. The van der Waals surface area contributed by atoms with E-state index in [1.807, 2.05) is 20.8 Å². The molecule has 0 bridgehead atoms. The summed E-state index contributed by atoms with van der Waals surface area (Å²) in [6.45, 7) is 8.62. The Bertz CT molecular complexity index is 1390. The maximum absolute atomic E-state index is 15.1. The summed E-state index contributed by atoms with van der Waals surface area (Å²) in [7, 11) is -3.77. The van der Waals surface area contributed by atoms with Crippen molar-refractivity contribution >= 4 is 27.7 Å². The number of sulfonamides is 1. The lowest BCUT2D eigenvalue weighted by Crippen LogP contribution is -2.53. The van der Waals surface area contributed by atoms with Gasteiger partial charge in [0.25, 0.3) is 0 Å². The van der Waals surface area contributed by atoms with Gasteiger partial charge in [-0.2, -0.15) is 0 Å². The van der Waals surface area contributed by atoms with Crippen molar-refractivity contribution in [3.8, 4) is 5.75 Å². The van der Waals surface area contributed by atoms with E-state index >= 15 is 4.39 Å². The van der Waals surface area contributed by atoms with Crippen LogP contribution in [0.5, 0.6) is 5.75 Å². The molecular weight excluding hydrogens is 627 g/mol. The number of nitrogens with one attached hydrogen (secondary N) is 2. The zero-order chi connectivity index (χ0) is 32.6. The maximum Gasteiger partial charge on any atom is 0.407 e. The summed E-state index contributed by atoms with van der Waals surface area (Å²) < 4.78 is 65.7. The first-order valence-electron chi connectivity index (χ1n) is 15.2. The van der Waals surface area contributed by atoms with Gasteiger partial charge in [0.2, 0.25) is 10.0 Å². The van der Waals surface area contributed by atoms with E-state index in [-0.39, 0.29) is 35.2 Å². The second-order valence-corrected chi connectivity index (χ2v) is 14.3. The first-order chi connectivity index (χ1) is 21.4. The van der Waals surface area contributed by atoms with Crippen molar-refractivity contribution < 1.29 is 36.6 Å². The fourth-order valence-corrected chi connectivity index (χ4v) is 6.79. The van der Waals surface area contributed by atoms with Crippen LogP contribution in [0.15, 0.2) is 41.3 Å². The van der Waals surface area contributed by atoms with Gasteiger partial charge in [-0.3, -0.25) is 4.90 Å². The summed E-state index contributed by atoms with van der Waals surface area (Å²) >= 11 is 6.26. The monoisotopic (exact) mass is 670 g/mol. The molecule has 1 saturated heterocycles. The molecule has 1 heterocycles. The van der Waals surface area contributed by atoms with Gasteiger partial charge in [0.15, 0.2) is 0 Å². The van der Waals surface area contributed by atoms with Crippen LogP contribution < -0.4 is 20.5 Å². The van der Waals surface area contributed by atoms with Crippen LogP contribution in [0.25, 0.3) is 0 Å².